The Bertz CT molecular complexity index is 332. The highest BCUT2D eigenvalue weighted by atomic mass is 32.2. The third kappa shape index (κ3) is 4.64. The van der Waals surface area contributed by atoms with Crippen molar-refractivity contribution in [1.82, 2.24) is 5.32 Å². The Balaban J connectivity index is 2.71. The molecule has 0 spiro atoms. The van der Waals surface area contributed by atoms with E-state index < -0.39 is 11.6 Å². The molecule has 0 saturated carbocycles. The zero-order valence-corrected chi connectivity index (χ0v) is 11.2. The van der Waals surface area contributed by atoms with Crippen molar-refractivity contribution in [3.63, 3.8) is 0 Å². The highest BCUT2D eigenvalue weighted by molar-refractivity contribution is 7.99. The maximum absolute atomic E-state index is 13.7. The van der Waals surface area contributed by atoms with E-state index in [0.29, 0.717) is 12.1 Å². The minimum Gasteiger partial charge on any atom is -0.313 e. The maximum Gasteiger partial charge on any atom is 0.140 e. The van der Waals surface area contributed by atoms with E-state index in [1.54, 1.807) is 0 Å². The summed E-state index contributed by atoms with van der Waals surface area (Å²) in [6.45, 7) is 5.42. The Hall–Kier alpha value is -0.610. The molecule has 0 aliphatic heterocycles. The Labute approximate surface area is 106 Å². The number of halogens is 2. The fourth-order valence-corrected chi connectivity index (χ4v) is 2.27. The van der Waals surface area contributed by atoms with E-state index in [4.69, 9.17) is 0 Å². The number of rotatable bonds is 7. The first-order chi connectivity index (χ1) is 8.19. The van der Waals surface area contributed by atoms with Gasteiger partial charge in [0.1, 0.15) is 11.6 Å². The van der Waals surface area contributed by atoms with E-state index in [-0.39, 0.29) is 4.90 Å². The molecule has 1 N–H and O–H groups in total. The van der Waals surface area contributed by atoms with Crippen LogP contribution >= 0.6 is 11.8 Å². The fraction of sp³-hybridized carbons (Fsp3) is 0.538. The Morgan fingerprint density at radius 1 is 1.12 bits per heavy atom. The van der Waals surface area contributed by atoms with Gasteiger partial charge in [-0.05, 0) is 42.8 Å². The molecule has 0 saturated heterocycles. The molecular formula is C13H19F2NS. The minimum absolute atomic E-state index is 0.145. The summed E-state index contributed by atoms with van der Waals surface area (Å²) in [6.07, 6.45) is 1.92. The van der Waals surface area contributed by atoms with Gasteiger partial charge in [-0.3, -0.25) is 0 Å². The number of benzene rings is 1. The molecule has 0 aliphatic carbocycles. The predicted octanol–water partition coefficient (Wildman–Crippen LogP) is 3.97. The lowest BCUT2D eigenvalue weighted by molar-refractivity contribution is 0.534. The number of hydrogen-bond donors (Lipinski definition) is 1. The lowest BCUT2D eigenvalue weighted by atomic mass is 10.2. The molecule has 0 unspecified atom stereocenters. The van der Waals surface area contributed by atoms with Crippen molar-refractivity contribution in [3.05, 3.63) is 29.3 Å². The summed E-state index contributed by atoms with van der Waals surface area (Å²) in [5, 5.41) is 3.13. The van der Waals surface area contributed by atoms with Gasteiger partial charge in [0.05, 0.1) is 4.90 Å². The highest BCUT2D eigenvalue weighted by Gasteiger charge is 2.11. The average molecular weight is 259 g/mol. The topological polar surface area (TPSA) is 12.0 Å². The summed E-state index contributed by atoms with van der Waals surface area (Å²) < 4.78 is 27.3. The summed E-state index contributed by atoms with van der Waals surface area (Å²) in [6, 6.07) is 2.84. The molecule has 0 aliphatic rings. The van der Waals surface area contributed by atoms with Crippen LogP contribution in [0.3, 0.4) is 0 Å². The van der Waals surface area contributed by atoms with Crippen LogP contribution in [0.4, 0.5) is 8.78 Å². The van der Waals surface area contributed by atoms with Crippen LogP contribution in [-0.2, 0) is 6.54 Å². The van der Waals surface area contributed by atoms with Crippen molar-refractivity contribution in [1.29, 1.82) is 0 Å². The van der Waals surface area contributed by atoms with E-state index in [0.717, 1.165) is 25.1 Å². The molecule has 0 amide bonds. The molecule has 1 rings (SSSR count). The van der Waals surface area contributed by atoms with Crippen molar-refractivity contribution < 1.29 is 8.78 Å². The van der Waals surface area contributed by atoms with Gasteiger partial charge in [-0.1, -0.05) is 13.8 Å². The van der Waals surface area contributed by atoms with Gasteiger partial charge in [-0.2, -0.15) is 0 Å². The predicted molar refractivity (Wildman–Crippen MR) is 69.4 cm³/mol. The molecule has 1 nitrogen and oxygen atoms in total. The number of thioether (sulfide) groups is 1. The van der Waals surface area contributed by atoms with Crippen molar-refractivity contribution in [2.45, 2.75) is 38.1 Å². The van der Waals surface area contributed by atoms with Crippen molar-refractivity contribution in [3.8, 4) is 0 Å². The van der Waals surface area contributed by atoms with E-state index >= 15 is 0 Å². The molecule has 0 radical (unpaired) electrons. The molecular weight excluding hydrogens is 240 g/mol. The zero-order valence-electron chi connectivity index (χ0n) is 10.4. The second-order valence-electron chi connectivity index (χ2n) is 3.91. The van der Waals surface area contributed by atoms with Crippen molar-refractivity contribution in [2.75, 3.05) is 12.3 Å². The average Bonchev–Trinajstić information content (AvgIpc) is 2.28. The van der Waals surface area contributed by atoms with Crippen molar-refractivity contribution in [2.24, 2.45) is 0 Å². The summed E-state index contributed by atoms with van der Waals surface area (Å²) in [5.41, 5.74) is 0.661. The molecule has 0 aromatic heterocycles. The molecule has 96 valence electrons. The molecule has 0 fully saturated rings. The van der Waals surface area contributed by atoms with Gasteiger partial charge in [0.2, 0.25) is 0 Å². The minimum atomic E-state index is -0.447. The standard InChI is InChI=1S/C13H19F2NS/c1-3-5-16-9-10-7-11(14)13(12(15)8-10)17-6-4-2/h7-8,16H,3-6,9H2,1-2H3. The molecule has 1 aromatic carbocycles. The molecule has 4 heteroatoms. The fourth-order valence-electron chi connectivity index (χ4n) is 1.47. The van der Waals surface area contributed by atoms with Gasteiger partial charge in [0.25, 0.3) is 0 Å². The number of nitrogens with one attached hydrogen (secondary N) is 1. The molecule has 17 heavy (non-hydrogen) atoms. The summed E-state index contributed by atoms with van der Waals surface area (Å²) in [5.74, 6) is -0.158. The van der Waals surface area contributed by atoms with E-state index in [2.05, 4.69) is 12.2 Å². The van der Waals surface area contributed by atoms with Crippen LogP contribution in [0.1, 0.15) is 32.3 Å². The first-order valence-corrected chi connectivity index (χ1v) is 6.99. The van der Waals surface area contributed by atoms with E-state index in [9.17, 15) is 8.78 Å². The summed E-state index contributed by atoms with van der Waals surface area (Å²) >= 11 is 1.24. The summed E-state index contributed by atoms with van der Waals surface area (Å²) in [7, 11) is 0. The smallest absolute Gasteiger partial charge is 0.140 e. The van der Waals surface area contributed by atoms with Crippen LogP contribution in [-0.4, -0.2) is 12.3 Å². The van der Waals surface area contributed by atoms with Crippen LogP contribution in [0.2, 0.25) is 0 Å². The lowest BCUT2D eigenvalue weighted by Crippen LogP contribution is -2.14. The number of hydrogen-bond acceptors (Lipinski definition) is 2. The third-order valence-corrected chi connectivity index (χ3v) is 3.56. The normalized spacial score (nSPS) is 10.8. The monoisotopic (exact) mass is 259 g/mol. The molecule has 0 bridgehead atoms. The van der Waals surface area contributed by atoms with Gasteiger partial charge in [-0.25, -0.2) is 8.78 Å². The van der Waals surface area contributed by atoms with Gasteiger partial charge >= 0.3 is 0 Å². The Morgan fingerprint density at radius 3 is 2.29 bits per heavy atom. The van der Waals surface area contributed by atoms with Crippen LogP contribution < -0.4 is 5.32 Å². The molecule has 0 heterocycles. The Morgan fingerprint density at radius 2 is 1.76 bits per heavy atom. The van der Waals surface area contributed by atoms with Gasteiger partial charge in [0.15, 0.2) is 0 Å². The van der Waals surface area contributed by atoms with E-state index in [1.807, 2.05) is 6.92 Å². The molecule has 0 atom stereocenters. The van der Waals surface area contributed by atoms with Crippen LogP contribution in [0.25, 0.3) is 0 Å². The highest BCUT2D eigenvalue weighted by Crippen LogP contribution is 2.26. The van der Waals surface area contributed by atoms with Crippen LogP contribution in [0.15, 0.2) is 17.0 Å². The SMILES string of the molecule is CCCNCc1cc(F)c(SCCC)c(F)c1. The molecule has 1 aromatic rings. The zero-order chi connectivity index (χ0) is 12.7. The first kappa shape index (κ1) is 14.5. The quantitative estimate of drug-likeness (QED) is 0.587. The van der Waals surface area contributed by atoms with Crippen LogP contribution in [0, 0.1) is 11.6 Å². The van der Waals surface area contributed by atoms with Crippen molar-refractivity contribution >= 4 is 11.8 Å². The second kappa shape index (κ2) is 7.67. The maximum atomic E-state index is 13.7. The van der Waals surface area contributed by atoms with Gasteiger partial charge < -0.3 is 5.32 Å². The van der Waals surface area contributed by atoms with Gasteiger partial charge in [-0.15, -0.1) is 11.8 Å². The van der Waals surface area contributed by atoms with Crippen LogP contribution in [0.5, 0.6) is 0 Å². The second-order valence-corrected chi connectivity index (χ2v) is 5.02. The first-order valence-electron chi connectivity index (χ1n) is 6.00. The largest absolute Gasteiger partial charge is 0.313 e. The lowest BCUT2D eigenvalue weighted by Gasteiger charge is -2.08. The summed E-state index contributed by atoms with van der Waals surface area (Å²) in [4.78, 5) is 0.145. The van der Waals surface area contributed by atoms with Gasteiger partial charge in [0, 0.05) is 6.54 Å². The van der Waals surface area contributed by atoms with E-state index in [1.165, 1.54) is 23.9 Å². The third-order valence-electron chi connectivity index (χ3n) is 2.26. The Kier molecular flexibility index (Phi) is 6.52.